The van der Waals surface area contributed by atoms with Gasteiger partial charge in [0.15, 0.2) is 0 Å². The number of aryl methyl sites for hydroxylation is 1. The van der Waals surface area contributed by atoms with E-state index in [2.05, 4.69) is 31.0 Å². The van der Waals surface area contributed by atoms with Gasteiger partial charge in [-0.2, -0.15) is 5.10 Å². The number of hydrogen-bond acceptors (Lipinski definition) is 7. The van der Waals surface area contributed by atoms with Crippen molar-refractivity contribution >= 4 is 23.3 Å². The molecule has 1 aromatic heterocycles. The number of hydrogen-bond donors (Lipinski definition) is 4. The summed E-state index contributed by atoms with van der Waals surface area (Å²) in [6.45, 7) is 5.13. The minimum Gasteiger partial charge on any atom is -0.507 e. The third-order valence-corrected chi connectivity index (χ3v) is 3.34. The molecule has 0 unspecified atom stereocenters. The van der Waals surface area contributed by atoms with E-state index in [0.717, 1.165) is 6.42 Å². The lowest BCUT2D eigenvalue weighted by Gasteiger charge is -2.09. The lowest BCUT2D eigenvalue weighted by atomic mass is 10.1. The molecule has 0 aliphatic heterocycles. The zero-order valence-corrected chi connectivity index (χ0v) is 14.3. The quantitative estimate of drug-likeness (QED) is 0.358. The molecule has 132 valence electrons. The Morgan fingerprint density at radius 1 is 1.36 bits per heavy atom. The fourth-order valence-corrected chi connectivity index (χ4v) is 1.99. The number of hydrazone groups is 1. The Morgan fingerprint density at radius 3 is 2.80 bits per heavy atom. The van der Waals surface area contributed by atoms with Gasteiger partial charge in [0, 0.05) is 17.7 Å². The topological polar surface area (TPSA) is 132 Å². The number of nitrogens with one attached hydrogen (secondary N) is 3. The largest absolute Gasteiger partial charge is 0.507 e. The number of phenolic OH excluding ortho intramolecular Hbond substituents is 1. The minimum absolute atomic E-state index is 0.0139. The molecule has 2 rings (SSSR count). The van der Waals surface area contributed by atoms with E-state index in [0.29, 0.717) is 23.4 Å². The maximum Gasteiger partial charge on any atom is 0.274 e. The molecule has 2 aromatic rings. The Morgan fingerprint density at radius 2 is 2.12 bits per heavy atom. The predicted octanol–water partition coefficient (Wildman–Crippen LogP) is 1.75. The molecule has 0 saturated carbocycles. The molecule has 4 N–H and O–H groups in total. The second-order valence-electron chi connectivity index (χ2n) is 5.43. The molecule has 25 heavy (non-hydrogen) atoms. The first-order valence-corrected chi connectivity index (χ1v) is 7.77. The summed E-state index contributed by atoms with van der Waals surface area (Å²) >= 11 is 0. The number of aromatic hydroxyl groups is 1. The predicted molar refractivity (Wildman–Crippen MR) is 94.9 cm³/mol. The van der Waals surface area contributed by atoms with E-state index in [1.54, 1.807) is 26.0 Å². The number of benzene rings is 1. The van der Waals surface area contributed by atoms with Gasteiger partial charge in [-0.25, -0.2) is 5.43 Å². The number of rotatable bonds is 6. The van der Waals surface area contributed by atoms with E-state index >= 15 is 0 Å². The highest BCUT2D eigenvalue weighted by atomic mass is 16.3. The van der Waals surface area contributed by atoms with Crippen LogP contribution >= 0.6 is 0 Å². The number of anilines is 2. The highest BCUT2D eigenvalue weighted by molar-refractivity contribution is 6.03. The van der Waals surface area contributed by atoms with Crippen molar-refractivity contribution in [1.82, 2.24) is 15.2 Å². The standard InChI is InChI=1S/C16H20N6O3/c1-4-5-14(24)17-11-6-7-13(23)12(8-11)9(2)19-21-16-18-15(25)10(3)20-22-16/h6-8,23H,4-5H2,1-3H3,(H,17,24)(H2,18,21,22,25)/b19-9+. The number of H-pyrrole nitrogens is 1. The van der Waals surface area contributed by atoms with Gasteiger partial charge in [0.1, 0.15) is 11.4 Å². The van der Waals surface area contributed by atoms with Gasteiger partial charge in [-0.05, 0) is 38.5 Å². The highest BCUT2D eigenvalue weighted by Gasteiger charge is 2.09. The zero-order valence-electron chi connectivity index (χ0n) is 14.3. The fourth-order valence-electron chi connectivity index (χ4n) is 1.99. The summed E-state index contributed by atoms with van der Waals surface area (Å²) in [6.07, 6.45) is 1.17. The molecule has 0 aliphatic rings. The smallest absolute Gasteiger partial charge is 0.274 e. The van der Waals surface area contributed by atoms with Crippen LogP contribution in [0.3, 0.4) is 0 Å². The molecule has 0 aliphatic carbocycles. The molecule has 0 radical (unpaired) electrons. The van der Waals surface area contributed by atoms with Crippen molar-refractivity contribution in [3.05, 3.63) is 39.8 Å². The molecule has 0 saturated heterocycles. The van der Waals surface area contributed by atoms with Crippen LogP contribution in [0.1, 0.15) is 37.9 Å². The Labute approximate surface area is 144 Å². The highest BCUT2D eigenvalue weighted by Crippen LogP contribution is 2.22. The normalized spacial score (nSPS) is 11.2. The molecule has 9 nitrogen and oxygen atoms in total. The van der Waals surface area contributed by atoms with Gasteiger partial charge in [0.2, 0.25) is 11.9 Å². The molecule has 0 atom stereocenters. The number of aromatic amines is 1. The van der Waals surface area contributed by atoms with E-state index in [9.17, 15) is 14.7 Å². The van der Waals surface area contributed by atoms with Crippen LogP contribution in [0, 0.1) is 6.92 Å². The zero-order chi connectivity index (χ0) is 18.4. The number of carbonyl (C=O) groups excluding carboxylic acids is 1. The second-order valence-corrected chi connectivity index (χ2v) is 5.43. The third kappa shape index (κ3) is 4.87. The average Bonchev–Trinajstić information content (AvgIpc) is 2.57. The van der Waals surface area contributed by atoms with Gasteiger partial charge >= 0.3 is 0 Å². The maximum absolute atomic E-state index is 11.7. The monoisotopic (exact) mass is 344 g/mol. The van der Waals surface area contributed by atoms with Crippen LogP contribution in [0.4, 0.5) is 11.6 Å². The average molecular weight is 344 g/mol. The van der Waals surface area contributed by atoms with Gasteiger partial charge < -0.3 is 10.4 Å². The number of phenols is 1. The Kier molecular flexibility index (Phi) is 5.83. The molecule has 0 spiro atoms. The van der Waals surface area contributed by atoms with Gasteiger partial charge in [-0.3, -0.25) is 14.6 Å². The summed E-state index contributed by atoms with van der Waals surface area (Å²) in [5.41, 5.74) is 3.89. The molecule has 0 fully saturated rings. The van der Waals surface area contributed by atoms with Crippen molar-refractivity contribution in [2.75, 3.05) is 10.7 Å². The van der Waals surface area contributed by atoms with E-state index in [-0.39, 0.29) is 28.9 Å². The van der Waals surface area contributed by atoms with Crippen LogP contribution in [-0.4, -0.2) is 31.9 Å². The summed E-state index contributed by atoms with van der Waals surface area (Å²) in [7, 11) is 0. The molecule has 0 bridgehead atoms. The molecule has 1 aromatic carbocycles. The van der Waals surface area contributed by atoms with Crippen molar-refractivity contribution < 1.29 is 9.90 Å². The first-order valence-electron chi connectivity index (χ1n) is 7.77. The van der Waals surface area contributed by atoms with Crippen molar-refractivity contribution in [2.24, 2.45) is 5.10 Å². The molecule has 1 heterocycles. The number of amides is 1. The first-order chi connectivity index (χ1) is 11.9. The van der Waals surface area contributed by atoms with Gasteiger partial charge in [-0.1, -0.05) is 6.92 Å². The molecular weight excluding hydrogens is 324 g/mol. The first kappa shape index (κ1) is 18.1. The minimum atomic E-state index is -0.367. The number of carbonyl (C=O) groups is 1. The SMILES string of the molecule is CCCC(=O)Nc1ccc(O)c(/C(C)=N/Nc2nnc(C)c(=O)[nH]2)c1. The van der Waals surface area contributed by atoms with E-state index in [1.807, 2.05) is 6.92 Å². The summed E-state index contributed by atoms with van der Waals surface area (Å²) in [6, 6.07) is 4.70. The van der Waals surface area contributed by atoms with Crippen LogP contribution in [0.5, 0.6) is 5.75 Å². The summed E-state index contributed by atoms with van der Waals surface area (Å²) in [5.74, 6) is 0.00114. The van der Waals surface area contributed by atoms with Crippen molar-refractivity contribution in [1.29, 1.82) is 0 Å². The van der Waals surface area contributed by atoms with Gasteiger partial charge in [-0.15, -0.1) is 10.2 Å². The van der Waals surface area contributed by atoms with Crippen LogP contribution in [-0.2, 0) is 4.79 Å². The maximum atomic E-state index is 11.7. The summed E-state index contributed by atoms with van der Waals surface area (Å²) < 4.78 is 0. The van der Waals surface area contributed by atoms with Crippen molar-refractivity contribution in [2.45, 2.75) is 33.6 Å². The van der Waals surface area contributed by atoms with E-state index in [4.69, 9.17) is 0 Å². The number of aromatic nitrogens is 3. The Bertz CT molecular complexity index is 859. The second kappa shape index (κ2) is 8.04. The number of nitrogens with zero attached hydrogens (tertiary/aromatic N) is 3. The van der Waals surface area contributed by atoms with Crippen LogP contribution in [0.2, 0.25) is 0 Å². The molecular formula is C16H20N6O3. The van der Waals surface area contributed by atoms with Crippen LogP contribution in [0.25, 0.3) is 0 Å². The molecule has 1 amide bonds. The Hall–Kier alpha value is -3.23. The lowest BCUT2D eigenvalue weighted by molar-refractivity contribution is -0.116. The van der Waals surface area contributed by atoms with Gasteiger partial charge in [0.25, 0.3) is 5.56 Å². The van der Waals surface area contributed by atoms with Crippen molar-refractivity contribution in [3.63, 3.8) is 0 Å². The summed E-state index contributed by atoms with van der Waals surface area (Å²) in [4.78, 5) is 25.6. The summed E-state index contributed by atoms with van der Waals surface area (Å²) in [5, 5.41) is 24.3. The third-order valence-electron chi connectivity index (χ3n) is 3.34. The molecule has 9 heteroatoms. The van der Waals surface area contributed by atoms with E-state index < -0.39 is 0 Å². The van der Waals surface area contributed by atoms with Crippen molar-refractivity contribution in [3.8, 4) is 5.75 Å². The van der Waals surface area contributed by atoms with E-state index in [1.165, 1.54) is 6.07 Å². The fraction of sp³-hybridized carbons (Fsp3) is 0.312. The van der Waals surface area contributed by atoms with Crippen LogP contribution < -0.4 is 16.3 Å². The lowest BCUT2D eigenvalue weighted by Crippen LogP contribution is -2.16. The van der Waals surface area contributed by atoms with Gasteiger partial charge in [0.05, 0.1) is 5.71 Å². The van der Waals surface area contributed by atoms with Crippen LogP contribution in [0.15, 0.2) is 28.1 Å². The Balaban J connectivity index is 2.19.